The minimum Gasteiger partial charge on any atom is -0.391 e. The summed E-state index contributed by atoms with van der Waals surface area (Å²) in [7, 11) is 0. The average Bonchev–Trinajstić information content (AvgIpc) is 2.78. The van der Waals surface area contributed by atoms with Crippen LogP contribution >= 0.6 is 0 Å². The van der Waals surface area contributed by atoms with Gasteiger partial charge in [-0.15, -0.1) is 0 Å². The first kappa shape index (κ1) is 19.4. The Morgan fingerprint density at radius 3 is 1.93 bits per heavy atom. The van der Waals surface area contributed by atoms with Crippen LogP contribution in [0.4, 0.5) is 0 Å². The van der Waals surface area contributed by atoms with Crippen LogP contribution in [0.1, 0.15) is 16.7 Å². The normalized spacial score (nSPS) is 13.3. The van der Waals surface area contributed by atoms with E-state index in [1.807, 2.05) is 24.3 Å². The molecule has 0 radical (unpaired) electrons. The van der Waals surface area contributed by atoms with E-state index in [9.17, 15) is 5.11 Å². The fourth-order valence-electron chi connectivity index (χ4n) is 3.90. The molecule has 0 saturated heterocycles. The smallest absolute Gasteiger partial charge is 0.0736 e. The highest BCUT2D eigenvalue weighted by Crippen LogP contribution is 2.19. The highest BCUT2D eigenvalue weighted by molar-refractivity contribution is 5.85. The van der Waals surface area contributed by atoms with E-state index in [-0.39, 0.29) is 6.04 Å². The lowest BCUT2D eigenvalue weighted by molar-refractivity contribution is 0.126. The first-order chi connectivity index (χ1) is 14.3. The van der Waals surface area contributed by atoms with Gasteiger partial charge >= 0.3 is 0 Å². The van der Waals surface area contributed by atoms with Crippen LogP contribution in [-0.2, 0) is 19.4 Å². The Bertz CT molecular complexity index is 1020. The van der Waals surface area contributed by atoms with Crippen molar-refractivity contribution >= 4 is 10.8 Å². The third kappa shape index (κ3) is 5.11. The van der Waals surface area contributed by atoms with Gasteiger partial charge in [0.2, 0.25) is 0 Å². The van der Waals surface area contributed by atoms with Crippen molar-refractivity contribution in [1.29, 1.82) is 0 Å². The molecule has 0 aliphatic heterocycles. The van der Waals surface area contributed by atoms with Gasteiger partial charge in [0.15, 0.2) is 0 Å². The number of aliphatic hydroxyl groups excluding tert-OH is 1. The summed E-state index contributed by atoms with van der Waals surface area (Å²) in [5, 5.41) is 17.2. The average molecular weight is 382 g/mol. The summed E-state index contributed by atoms with van der Waals surface area (Å²) in [5.41, 5.74) is 3.65. The van der Waals surface area contributed by atoms with Crippen molar-refractivity contribution in [2.45, 2.75) is 31.5 Å². The summed E-state index contributed by atoms with van der Waals surface area (Å²) >= 11 is 0. The van der Waals surface area contributed by atoms with Crippen molar-refractivity contribution in [2.75, 3.05) is 0 Å². The summed E-state index contributed by atoms with van der Waals surface area (Å²) in [6, 6.07) is 35.5. The number of fused-ring (bicyclic) bond motifs is 1. The predicted molar refractivity (Wildman–Crippen MR) is 121 cm³/mol. The van der Waals surface area contributed by atoms with Crippen LogP contribution < -0.4 is 5.32 Å². The van der Waals surface area contributed by atoms with Gasteiger partial charge in [-0.25, -0.2) is 0 Å². The number of aliphatic hydroxyl groups is 1. The molecule has 29 heavy (non-hydrogen) atoms. The SMILES string of the molecule is O[C@@H](Cc1ccccc1)[C@@H](Cc1ccccc1)NCc1cccc2ccccc12. The molecule has 0 saturated carbocycles. The fourth-order valence-corrected chi connectivity index (χ4v) is 3.90. The van der Waals surface area contributed by atoms with Gasteiger partial charge in [0.1, 0.15) is 0 Å². The van der Waals surface area contributed by atoms with Crippen LogP contribution in [0.5, 0.6) is 0 Å². The standard InChI is InChI=1S/C27H27NO/c29-27(19-22-12-5-2-6-13-22)26(18-21-10-3-1-4-11-21)28-20-24-16-9-15-23-14-7-8-17-25(23)24/h1-17,26-29H,18-20H2/t26-,27+/m1/s1. The largest absolute Gasteiger partial charge is 0.391 e. The molecule has 4 aromatic rings. The Labute approximate surface area is 172 Å². The van der Waals surface area contributed by atoms with Crippen molar-refractivity contribution < 1.29 is 5.11 Å². The van der Waals surface area contributed by atoms with Crippen LogP contribution in [-0.4, -0.2) is 17.3 Å². The number of rotatable bonds is 8. The molecular formula is C27H27NO. The number of benzene rings is 4. The van der Waals surface area contributed by atoms with Gasteiger partial charge in [-0.1, -0.05) is 103 Å². The maximum absolute atomic E-state index is 11.1. The second-order valence-corrected chi connectivity index (χ2v) is 7.57. The van der Waals surface area contributed by atoms with Crippen molar-refractivity contribution in [3.05, 3.63) is 120 Å². The molecule has 0 aromatic heterocycles. The third-order valence-electron chi connectivity index (χ3n) is 5.49. The van der Waals surface area contributed by atoms with Crippen LogP contribution in [0.25, 0.3) is 10.8 Å². The Morgan fingerprint density at radius 1 is 0.621 bits per heavy atom. The van der Waals surface area contributed by atoms with Gasteiger partial charge in [0.25, 0.3) is 0 Å². The minimum absolute atomic E-state index is 0.0309. The molecule has 4 aromatic carbocycles. The van der Waals surface area contributed by atoms with Gasteiger partial charge < -0.3 is 10.4 Å². The summed E-state index contributed by atoms with van der Waals surface area (Å²) in [6.07, 6.45) is 0.966. The molecule has 0 fully saturated rings. The Morgan fingerprint density at radius 2 is 1.21 bits per heavy atom. The van der Waals surface area contributed by atoms with Crippen molar-refractivity contribution in [1.82, 2.24) is 5.32 Å². The molecule has 146 valence electrons. The second kappa shape index (κ2) is 9.51. The summed E-state index contributed by atoms with van der Waals surface area (Å²) in [5.74, 6) is 0. The predicted octanol–water partition coefficient (Wildman–Crippen LogP) is 5.14. The van der Waals surface area contributed by atoms with Crippen molar-refractivity contribution in [3.8, 4) is 0 Å². The van der Waals surface area contributed by atoms with Gasteiger partial charge in [-0.3, -0.25) is 0 Å². The highest BCUT2D eigenvalue weighted by Gasteiger charge is 2.20. The molecular weight excluding hydrogens is 354 g/mol. The lowest BCUT2D eigenvalue weighted by Crippen LogP contribution is -2.42. The van der Waals surface area contributed by atoms with E-state index in [1.165, 1.54) is 21.9 Å². The molecule has 0 aliphatic rings. The number of hydrogen-bond acceptors (Lipinski definition) is 2. The number of nitrogens with one attached hydrogen (secondary N) is 1. The molecule has 0 unspecified atom stereocenters. The Kier molecular flexibility index (Phi) is 6.35. The van der Waals surface area contributed by atoms with E-state index in [4.69, 9.17) is 0 Å². The monoisotopic (exact) mass is 381 g/mol. The molecule has 0 aliphatic carbocycles. The van der Waals surface area contributed by atoms with Gasteiger partial charge in [0, 0.05) is 12.6 Å². The van der Waals surface area contributed by atoms with E-state index < -0.39 is 6.10 Å². The zero-order valence-corrected chi connectivity index (χ0v) is 16.5. The van der Waals surface area contributed by atoms with E-state index >= 15 is 0 Å². The maximum Gasteiger partial charge on any atom is 0.0736 e. The summed E-state index contributed by atoms with van der Waals surface area (Å²) in [4.78, 5) is 0. The second-order valence-electron chi connectivity index (χ2n) is 7.57. The lowest BCUT2D eigenvalue weighted by atomic mass is 9.95. The van der Waals surface area contributed by atoms with Gasteiger partial charge in [-0.05, 0) is 40.3 Å². The van der Waals surface area contributed by atoms with Crippen LogP contribution in [0, 0.1) is 0 Å². The molecule has 2 N–H and O–H groups in total. The minimum atomic E-state index is -0.465. The lowest BCUT2D eigenvalue weighted by Gasteiger charge is -2.25. The first-order valence-electron chi connectivity index (χ1n) is 10.3. The molecule has 0 amide bonds. The quantitative estimate of drug-likeness (QED) is 0.443. The summed E-state index contributed by atoms with van der Waals surface area (Å²) in [6.45, 7) is 0.727. The molecule has 0 heterocycles. The van der Waals surface area contributed by atoms with Gasteiger partial charge in [-0.2, -0.15) is 0 Å². The third-order valence-corrected chi connectivity index (χ3v) is 5.49. The number of hydrogen-bond donors (Lipinski definition) is 2. The first-order valence-corrected chi connectivity index (χ1v) is 10.3. The van der Waals surface area contributed by atoms with Crippen LogP contribution in [0.15, 0.2) is 103 Å². The molecule has 4 rings (SSSR count). The van der Waals surface area contributed by atoms with E-state index in [0.29, 0.717) is 6.42 Å². The highest BCUT2D eigenvalue weighted by atomic mass is 16.3. The molecule has 2 heteroatoms. The van der Waals surface area contributed by atoms with Crippen molar-refractivity contribution in [3.63, 3.8) is 0 Å². The Balaban J connectivity index is 1.52. The topological polar surface area (TPSA) is 32.3 Å². The molecule has 0 bridgehead atoms. The Hall–Kier alpha value is -2.94. The van der Waals surface area contributed by atoms with E-state index in [0.717, 1.165) is 18.5 Å². The molecule has 0 spiro atoms. The van der Waals surface area contributed by atoms with Crippen LogP contribution in [0.2, 0.25) is 0 Å². The molecule has 2 atom stereocenters. The van der Waals surface area contributed by atoms with E-state index in [2.05, 4.69) is 84.2 Å². The fraction of sp³-hybridized carbons (Fsp3) is 0.185. The van der Waals surface area contributed by atoms with Crippen molar-refractivity contribution in [2.24, 2.45) is 0 Å². The zero-order chi connectivity index (χ0) is 19.9. The molecule has 2 nitrogen and oxygen atoms in total. The van der Waals surface area contributed by atoms with E-state index in [1.54, 1.807) is 0 Å². The zero-order valence-electron chi connectivity index (χ0n) is 16.5. The van der Waals surface area contributed by atoms with Gasteiger partial charge in [0.05, 0.1) is 6.10 Å². The van der Waals surface area contributed by atoms with Crippen LogP contribution in [0.3, 0.4) is 0 Å². The summed E-state index contributed by atoms with van der Waals surface area (Å²) < 4.78 is 0. The maximum atomic E-state index is 11.1.